The second kappa shape index (κ2) is 11.0. The van der Waals surface area contributed by atoms with Gasteiger partial charge in [-0.3, -0.25) is 4.79 Å². The van der Waals surface area contributed by atoms with Crippen LogP contribution in [0.15, 0.2) is 41.1 Å². The highest BCUT2D eigenvalue weighted by Crippen LogP contribution is 2.51. The fraction of sp³-hybridized carbons (Fsp3) is 0.500. The van der Waals surface area contributed by atoms with E-state index in [-0.39, 0.29) is 47.0 Å². The van der Waals surface area contributed by atoms with E-state index < -0.39 is 27.3 Å². The molecule has 2 saturated carbocycles. The number of rotatable bonds is 7. The van der Waals surface area contributed by atoms with Gasteiger partial charge in [0.15, 0.2) is 9.84 Å². The lowest BCUT2D eigenvalue weighted by Gasteiger charge is -2.30. The van der Waals surface area contributed by atoms with Gasteiger partial charge in [0.2, 0.25) is 11.7 Å². The van der Waals surface area contributed by atoms with Crippen LogP contribution < -0.4 is 4.90 Å². The molecule has 3 fully saturated rings. The number of benzene rings is 1. The molecule has 2 aliphatic carbocycles. The standard InChI is InChI=1S/C30H30F3N5O4S/c31-30(32,33)28-35-16-20(17-36-28)27-37-25(19-5-7-21(8-6-19)38-11-13-43(40,41)14-12-38)26(42-27)23-4-2-1-3-22(23)24(39)15-29(18-34)9-10-29/h5-8,16-17,22-23H,1-4,9-15H2/t22-,23-/m1/s1. The average Bonchev–Trinajstić information content (AvgIpc) is 3.63. The van der Waals surface area contributed by atoms with Gasteiger partial charge < -0.3 is 9.32 Å². The van der Waals surface area contributed by atoms with E-state index in [1.165, 1.54) is 0 Å². The highest BCUT2D eigenvalue weighted by Gasteiger charge is 2.47. The first-order valence-electron chi connectivity index (χ1n) is 14.4. The molecule has 1 saturated heterocycles. The molecule has 0 radical (unpaired) electrons. The minimum atomic E-state index is -4.69. The number of sulfone groups is 1. The molecule has 226 valence electrons. The molecule has 2 atom stereocenters. The van der Waals surface area contributed by atoms with Crippen LogP contribution in [-0.4, -0.2) is 53.7 Å². The minimum absolute atomic E-state index is 0.0286. The number of nitrogens with zero attached hydrogens (tertiary/aromatic N) is 5. The third-order valence-electron chi connectivity index (χ3n) is 8.78. The van der Waals surface area contributed by atoms with Crippen molar-refractivity contribution in [3.63, 3.8) is 0 Å². The third-order valence-corrected chi connectivity index (χ3v) is 10.4. The van der Waals surface area contributed by atoms with Crippen LogP contribution >= 0.6 is 0 Å². The van der Waals surface area contributed by atoms with E-state index in [0.29, 0.717) is 55.8 Å². The van der Waals surface area contributed by atoms with Gasteiger partial charge in [0, 0.05) is 55.0 Å². The summed E-state index contributed by atoms with van der Waals surface area (Å²) in [4.78, 5) is 27.1. The van der Waals surface area contributed by atoms with Crippen molar-refractivity contribution in [3.8, 4) is 28.8 Å². The lowest BCUT2D eigenvalue weighted by Crippen LogP contribution is -2.40. The number of hydrogen-bond donors (Lipinski definition) is 0. The molecular weight excluding hydrogens is 583 g/mol. The van der Waals surface area contributed by atoms with Crippen LogP contribution in [-0.2, 0) is 20.8 Å². The first kappa shape index (κ1) is 29.3. The Hall–Kier alpha value is -3.79. The van der Waals surface area contributed by atoms with E-state index in [1.54, 1.807) is 0 Å². The zero-order chi connectivity index (χ0) is 30.4. The number of Topliss-reactive ketones (excluding diaryl/α,β-unsaturated/α-hetero) is 1. The molecule has 0 bridgehead atoms. The smallest absolute Gasteiger partial charge is 0.440 e. The van der Waals surface area contributed by atoms with Gasteiger partial charge in [-0.25, -0.2) is 23.4 Å². The number of aromatic nitrogens is 3. The van der Waals surface area contributed by atoms with Gasteiger partial charge >= 0.3 is 6.18 Å². The fourth-order valence-electron chi connectivity index (χ4n) is 6.07. The summed E-state index contributed by atoms with van der Waals surface area (Å²) < 4.78 is 69.2. The molecule has 3 heterocycles. The fourth-order valence-corrected chi connectivity index (χ4v) is 7.27. The summed E-state index contributed by atoms with van der Waals surface area (Å²) >= 11 is 0. The number of alkyl halides is 3. The molecular formula is C30H30F3N5O4S. The molecule has 3 aliphatic rings. The van der Waals surface area contributed by atoms with E-state index in [0.717, 1.165) is 30.9 Å². The van der Waals surface area contributed by atoms with E-state index in [2.05, 4.69) is 16.0 Å². The molecule has 0 spiro atoms. The maximum absolute atomic E-state index is 13.5. The van der Waals surface area contributed by atoms with Crippen LogP contribution in [0.4, 0.5) is 18.9 Å². The Morgan fingerprint density at radius 3 is 2.30 bits per heavy atom. The molecule has 1 aliphatic heterocycles. The number of carbonyl (C=O) groups is 1. The molecule has 43 heavy (non-hydrogen) atoms. The average molecular weight is 614 g/mol. The van der Waals surface area contributed by atoms with Gasteiger partial charge in [-0.2, -0.15) is 18.4 Å². The second-order valence-corrected chi connectivity index (χ2v) is 14.0. The number of nitriles is 1. The first-order chi connectivity index (χ1) is 20.5. The number of ketones is 1. The Labute approximate surface area is 247 Å². The summed E-state index contributed by atoms with van der Waals surface area (Å²) in [6, 6.07) is 9.75. The van der Waals surface area contributed by atoms with Gasteiger partial charge in [-0.1, -0.05) is 25.0 Å². The monoisotopic (exact) mass is 613 g/mol. The Kier molecular flexibility index (Phi) is 7.52. The Bertz CT molecular complexity index is 1650. The van der Waals surface area contributed by atoms with Crippen molar-refractivity contribution in [2.45, 2.75) is 57.0 Å². The van der Waals surface area contributed by atoms with E-state index in [1.807, 2.05) is 29.2 Å². The van der Waals surface area contributed by atoms with Crippen LogP contribution in [0, 0.1) is 22.7 Å². The summed E-state index contributed by atoms with van der Waals surface area (Å²) in [6.07, 6.45) is 2.05. The zero-order valence-electron chi connectivity index (χ0n) is 23.3. The SMILES string of the molecule is N#CC1(CC(=O)[C@@H]2CCCC[C@H]2c2oc(-c3cnc(C(F)(F)F)nc3)nc2-c2ccc(N3CCS(=O)(=O)CC3)cc2)CC1. The van der Waals surface area contributed by atoms with Gasteiger partial charge in [-0.05, 0) is 37.8 Å². The molecule has 0 amide bonds. The van der Waals surface area contributed by atoms with Crippen LogP contribution in [0.1, 0.15) is 62.4 Å². The van der Waals surface area contributed by atoms with Crippen LogP contribution in [0.25, 0.3) is 22.7 Å². The lowest BCUT2D eigenvalue weighted by molar-refractivity contribution is -0.145. The Morgan fingerprint density at radius 1 is 1.05 bits per heavy atom. The van der Waals surface area contributed by atoms with Crippen molar-refractivity contribution in [1.82, 2.24) is 15.0 Å². The van der Waals surface area contributed by atoms with Gasteiger partial charge in [0.1, 0.15) is 17.2 Å². The predicted molar refractivity (Wildman–Crippen MR) is 150 cm³/mol. The van der Waals surface area contributed by atoms with Gasteiger partial charge in [0.05, 0.1) is 28.6 Å². The van der Waals surface area contributed by atoms with Crippen LogP contribution in [0.3, 0.4) is 0 Å². The molecule has 1 aromatic carbocycles. The van der Waals surface area contributed by atoms with Crippen molar-refractivity contribution in [1.29, 1.82) is 5.26 Å². The Balaban J connectivity index is 1.35. The summed E-state index contributed by atoms with van der Waals surface area (Å²) in [5, 5.41) is 9.57. The number of carbonyl (C=O) groups excluding carboxylic acids is 1. The van der Waals surface area contributed by atoms with Crippen molar-refractivity contribution < 1.29 is 30.8 Å². The molecule has 3 aromatic rings. The topological polar surface area (TPSA) is 130 Å². The maximum atomic E-state index is 13.5. The maximum Gasteiger partial charge on any atom is 0.451 e. The summed E-state index contributed by atoms with van der Waals surface area (Å²) in [6.45, 7) is 0.788. The molecule has 9 nitrogen and oxygen atoms in total. The lowest BCUT2D eigenvalue weighted by atomic mass is 9.73. The number of anilines is 1. The molecule has 2 aromatic heterocycles. The van der Waals surface area contributed by atoms with Crippen LogP contribution in [0.5, 0.6) is 0 Å². The zero-order valence-corrected chi connectivity index (χ0v) is 24.1. The molecule has 6 rings (SSSR count). The van der Waals surface area contributed by atoms with Crippen molar-refractivity contribution >= 4 is 21.3 Å². The quantitative estimate of drug-likeness (QED) is 0.335. The number of halogens is 3. The molecule has 13 heteroatoms. The Morgan fingerprint density at radius 2 is 1.70 bits per heavy atom. The third kappa shape index (κ3) is 6.16. The van der Waals surface area contributed by atoms with Gasteiger partial charge in [-0.15, -0.1) is 0 Å². The van der Waals surface area contributed by atoms with E-state index >= 15 is 0 Å². The largest absolute Gasteiger partial charge is 0.451 e. The van der Waals surface area contributed by atoms with E-state index in [4.69, 9.17) is 9.40 Å². The molecule has 0 unspecified atom stereocenters. The normalized spacial score (nSPS) is 23.0. The highest BCUT2D eigenvalue weighted by molar-refractivity contribution is 7.91. The van der Waals surface area contributed by atoms with E-state index in [9.17, 15) is 31.6 Å². The number of oxazole rings is 1. The summed E-state index contributed by atoms with van der Waals surface area (Å²) in [5.74, 6) is -1.21. The second-order valence-electron chi connectivity index (χ2n) is 11.7. The molecule has 0 N–H and O–H groups in total. The number of hydrogen-bond acceptors (Lipinski definition) is 9. The highest BCUT2D eigenvalue weighted by atomic mass is 32.2. The van der Waals surface area contributed by atoms with Crippen molar-refractivity contribution in [2.24, 2.45) is 11.3 Å². The van der Waals surface area contributed by atoms with Crippen LogP contribution in [0.2, 0.25) is 0 Å². The predicted octanol–water partition coefficient (Wildman–Crippen LogP) is 5.59. The van der Waals surface area contributed by atoms with Crippen molar-refractivity contribution in [3.05, 3.63) is 48.2 Å². The minimum Gasteiger partial charge on any atom is -0.440 e. The van der Waals surface area contributed by atoms with Crippen molar-refractivity contribution in [2.75, 3.05) is 29.5 Å². The first-order valence-corrected chi connectivity index (χ1v) is 16.2. The van der Waals surface area contributed by atoms with Gasteiger partial charge in [0.25, 0.3) is 0 Å². The summed E-state index contributed by atoms with van der Waals surface area (Å²) in [5.41, 5.74) is 1.63. The summed E-state index contributed by atoms with van der Waals surface area (Å²) in [7, 11) is -3.03.